The molecule has 0 aromatic heterocycles. The van der Waals surface area contributed by atoms with Gasteiger partial charge < -0.3 is 5.73 Å². The molecular formula is C17H20BrN. The van der Waals surface area contributed by atoms with Crippen LogP contribution >= 0.6 is 15.9 Å². The first-order valence-electron chi connectivity index (χ1n) is 6.80. The van der Waals surface area contributed by atoms with Gasteiger partial charge in [-0.3, -0.25) is 0 Å². The highest BCUT2D eigenvalue weighted by Crippen LogP contribution is 2.22. The van der Waals surface area contributed by atoms with E-state index >= 15 is 0 Å². The number of hydrogen-bond acceptors (Lipinski definition) is 1. The average molecular weight is 318 g/mol. The van der Waals surface area contributed by atoms with Crippen LogP contribution in [0.3, 0.4) is 0 Å². The molecule has 0 radical (unpaired) electrons. The lowest BCUT2D eigenvalue weighted by Gasteiger charge is -2.13. The molecule has 0 heterocycles. The van der Waals surface area contributed by atoms with Crippen LogP contribution in [0.1, 0.15) is 42.5 Å². The highest BCUT2D eigenvalue weighted by Gasteiger charge is 2.08. The fourth-order valence-electron chi connectivity index (χ4n) is 2.14. The third-order valence-corrected chi connectivity index (χ3v) is 3.92. The predicted molar refractivity (Wildman–Crippen MR) is 85.2 cm³/mol. The van der Waals surface area contributed by atoms with E-state index in [0.29, 0.717) is 0 Å². The van der Waals surface area contributed by atoms with Crippen molar-refractivity contribution in [2.75, 3.05) is 0 Å². The zero-order chi connectivity index (χ0) is 13.7. The van der Waals surface area contributed by atoms with Crippen molar-refractivity contribution in [3.05, 3.63) is 69.7 Å². The van der Waals surface area contributed by atoms with E-state index in [2.05, 4.69) is 59.3 Å². The molecule has 100 valence electrons. The molecule has 0 fully saturated rings. The summed E-state index contributed by atoms with van der Waals surface area (Å²) in [5.74, 6) is 0. The van der Waals surface area contributed by atoms with Gasteiger partial charge in [-0.15, -0.1) is 0 Å². The summed E-state index contributed by atoms with van der Waals surface area (Å²) < 4.78 is 1.08. The number of nitrogens with two attached hydrogens (primary N) is 1. The van der Waals surface area contributed by atoms with Crippen LogP contribution < -0.4 is 5.73 Å². The molecule has 19 heavy (non-hydrogen) atoms. The van der Waals surface area contributed by atoms with Crippen LogP contribution in [0.4, 0.5) is 0 Å². The van der Waals surface area contributed by atoms with Crippen LogP contribution in [-0.4, -0.2) is 0 Å². The molecule has 0 aliphatic rings. The van der Waals surface area contributed by atoms with Crippen molar-refractivity contribution in [2.24, 2.45) is 5.73 Å². The largest absolute Gasteiger partial charge is 0.320 e. The minimum atomic E-state index is -0.0478. The maximum absolute atomic E-state index is 6.30. The summed E-state index contributed by atoms with van der Waals surface area (Å²) in [5.41, 5.74) is 10.0. The van der Waals surface area contributed by atoms with E-state index in [1.165, 1.54) is 24.0 Å². The van der Waals surface area contributed by atoms with E-state index in [-0.39, 0.29) is 6.04 Å². The summed E-state index contributed by atoms with van der Waals surface area (Å²) in [7, 11) is 0. The molecule has 0 aliphatic carbocycles. The van der Waals surface area contributed by atoms with Crippen molar-refractivity contribution in [1.29, 1.82) is 0 Å². The fourth-order valence-corrected chi connectivity index (χ4v) is 2.40. The van der Waals surface area contributed by atoms with Gasteiger partial charge in [-0.05, 0) is 41.7 Å². The first kappa shape index (κ1) is 14.3. The second-order valence-corrected chi connectivity index (χ2v) is 5.79. The Hall–Kier alpha value is -1.12. The molecular weight excluding hydrogens is 298 g/mol. The highest BCUT2D eigenvalue weighted by molar-refractivity contribution is 9.10. The van der Waals surface area contributed by atoms with Crippen LogP contribution in [0, 0.1) is 0 Å². The van der Waals surface area contributed by atoms with E-state index in [1.54, 1.807) is 0 Å². The highest BCUT2D eigenvalue weighted by atomic mass is 79.9. The van der Waals surface area contributed by atoms with E-state index in [0.717, 1.165) is 16.5 Å². The Labute approximate surface area is 124 Å². The first-order chi connectivity index (χ1) is 9.20. The Kier molecular flexibility index (Phi) is 5.17. The molecule has 0 saturated heterocycles. The lowest BCUT2D eigenvalue weighted by molar-refractivity contribution is 0.793. The van der Waals surface area contributed by atoms with Crippen LogP contribution in [0.5, 0.6) is 0 Å². The maximum atomic E-state index is 6.30. The lowest BCUT2D eigenvalue weighted by Crippen LogP contribution is -2.11. The number of benzene rings is 2. The zero-order valence-corrected chi connectivity index (χ0v) is 12.9. The Balaban J connectivity index is 2.10. The first-order valence-corrected chi connectivity index (χ1v) is 7.60. The van der Waals surface area contributed by atoms with E-state index in [4.69, 9.17) is 5.73 Å². The van der Waals surface area contributed by atoms with Gasteiger partial charge in [-0.2, -0.15) is 0 Å². The zero-order valence-electron chi connectivity index (χ0n) is 11.3. The fraction of sp³-hybridized carbons (Fsp3) is 0.294. The van der Waals surface area contributed by atoms with Crippen LogP contribution in [0.15, 0.2) is 53.0 Å². The Morgan fingerprint density at radius 3 is 2.00 bits per heavy atom. The summed E-state index contributed by atoms with van der Waals surface area (Å²) in [6.45, 7) is 2.22. The molecule has 2 aromatic carbocycles. The minimum Gasteiger partial charge on any atom is -0.320 e. The van der Waals surface area contributed by atoms with Gasteiger partial charge in [0.2, 0.25) is 0 Å². The lowest BCUT2D eigenvalue weighted by atomic mass is 9.97. The van der Waals surface area contributed by atoms with Crippen molar-refractivity contribution in [2.45, 2.75) is 32.2 Å². The summed E-state index contributed by atoms with van der Waals surface area (Å²) in [4.78, 5) is 0. The molecule has 2 N–H and O–H groups in total. The minimum absolute atomic E-state index is 0.0478. The topological polar surface area (TPSA) is 26.0 Å². The van der Waals surface area contributed by atoms with Crippen molar-refractivity contribution in [3.8, 4) is 0 Å². The third-order valence-electron chi connectivity index (χ3n) is 3.39. The van der Waals surface area contributed by atoms with E-state index in [1.807, 2.05) is 12.1 Å². The number of aryl methyl sites for hydroxylation is 1. The maximum Gasteiger partial charge on any atom is 0.0551 e. The van der Waals surface area contributed by atoms with Gasteiger partial charge in [-0.1, -0.05) is 65.7 Å². The summed E-state index contributed by atoms with van der Waals surface area (Å²) in [5, 5.41) is 0. The summed E-state index contributed by atoms with van der Waals surface area (Å²) in [6, 6.07) is 16.9. The van der Waals surface area contributed by atoms with Gasteiger partial charge in [0.05, 0.1) is 6.04 Å². The normalized spacial score (nSPS) is 12.4. The Bertz CT molecular complexity index is 502. The monoisotopic (exact) mass is 317 g/mol. The number of hydrogen-bond donors (Lipinski definition) is 1. The molecule has 1 unspecified atom stereocenters. The van der Waals surface area contributed by atoms with E-state index < -0.39 is 0 Å². The Morgan fingerprint density at radius 2 is 1.47 bits per heavy atom. The third kappa shape index (κ3) is 3.92. The second-order valence-electron chi connectivity index (χ2n) is 4.87. The van der Waals surface area contributed by atoms with Crippen molar-refractivity contribution in [3.63, 3.8) is 0 Å². The molecule has 0 saturated carbocycles. The van der Waals surface area contributed by atoms with Crippen molar-refractivity contribution in [1.82, 2.24) is 0 Å². The number of rotatable bonds is 5. The van der Waals surface area contributed by atoms with Gasteiger partial charge in [0.1, 0.15) is 0 Å². The summed E-state index contributed by atoms with van der Waals surface area (Å²) >= 11 is 3.44. The second kappa shape index (κ2) is 6.88. The number of unbranched alkanes of at least 4 members (excludes halogenated alkanes) is 1. The van der Waals surface area contributed by atoms with Gasteiger partial charge in [0, 0.05) is 4.47 Å². The van der Waals surface area contributed by atoms with Gasteiger partial charge in [0.15, 0.2) is 0 Å². The SMILES string of the molecule is CCCCc1ccc(C(N)c2ccc(Br)cc2)cc1. The number of halogens is 1. The predicted octanol–water partition coefficient (Wildman–Crippen LogP) is 4.84. The molecule has 0 spiro atoms. The van der Waals surface area contributed by atoms with Gasteiger partial charge in [0.25, 0.3) is 0 Å². The van der Waals surface area contributed by atoms with Crippen LogP contribution in [0.2, 0.25) is 0 Å². The Morgan fingerprint density at radius 1 is 0.947 bits per heavy atom. The molecule has 1 atom stereocenters. The smallest absolute Gasteiger partial charge is 0.0551 e. The molecule has 1 nitrogen and oxygen atoms in total. The standard InChI is InChI=1S/C17H20BrN/c1-2-3-4-13-5-7-14(8-6-13)17(19)15-9-11-16(18)12-10-15/h5-12,17H,2-4,19H2,1H3. The molecule has 2 rings (SSSR count). The van der Waals surface area contributed by atoms with Gasteiger partial charge >= 0.3 is 0 Å². The van der Waals surface area contributed by atoms with Crippen molar-refractivity contribution < 1.29 is 0 Å². The molecule has 2 heteroatoms. The quantitative estimate of drug-likeness (QED) is 0.839. The molecule has 0 aliphatic heterocycles. The van der Waals surface area contributed by atoms with Crippen molar-refractivity contribution >= 4 is 15.9 Å². The molecule has 0 bridgehead atoms. The van der Waals surface area contributed by atoms with Crippen LogP contribution in [0.25, 0.3) is 0 Å². The molecule has 0 amide bonds. The van der Waals surface area contributed by atoms with Gasteiger partial charge in [-0.25, -0.2) is 0 Å². The van der Waals surface area contributed by atoms with E-state index in [9.17, 15) is 0 Å². The average Bonchev–Trinajstić information content (AvgIpc) is 2.46. The molecule has 2 aromatic rings. The summed E-state index contributed by atoms with van der Waals surface area (Å²) in [6.07, 6.45) is 3.64. The van der Waals surface area contributed by atoms with Crippen LogP contribution in [-0.2, 0) is 6.42 Å².